The normalized spacial score (nSPS) is 10.7. The fourth-order valence-corrected chi connectivity index (χ4v) is 1.80. The van der Waals surface area contributed by atoms with Gasteiger partial charge in [0.1, 0.15) is 5.56 Å². The number of carbonyl (C=O) groups excluding carboxylic acids is 1. The molecule has 1 N–H and O–H groups in total. The fraction of sp³-hybridized carbons (Fsp3) is 0.467. The Labute approximate surface area is 129 Å². The highest BCUT2D eigenvalue weighted by Crippen LogP contribution is 2.14. The van der Waals surface area contributed by atoms with Gasteiger partial charge in [-0.2, -0.15) is 4.98 Å². The number of aromatic nitrogens is 3. The molecular formula is C15H20N4O3. The van der Waals surface area contributed by atoms with Crippen LogP contribution in [0.1, 0.15) is 48.8 Å². The second-order valence-electron chi connectivity index (χ2n) is 5.00. The van der Waals surface area contributed by atoms with E-state index in [0.29, 0.717) is 42.7 Å². The number of pyridine rings is 1. The minimum atomic E-state index is -0.236. The Morgan fingerprint density at radius 1 is 1.45 bits per heavy atom. The summed E-state index contributed by atoms with van der Waals surface area (Å²) in [5.74, 6) is 1.51. The Kier molecular flexibility index (Phi) is 5.46. The third-order valence-electron chi connectivity index (χ3n) is 2.92. The lowest BCUT2D eigenvalue weighted by molar-refractivity contribution is 0.0948. The molecule has 2 aromatic rings. The molecule has 0 aromatic carbocycles. The quantitative estimate of drug-likeness (QED) is 0.841. The van der Waals surface area contributed by atoms with Crippen molar-refractivity contribution in [2.24, 2.45) is 0 Å². The van der Waals surface area contributed by atoms with Crippen LogP contribution in [-0.2, 0) is 6.42 Å². The minimum Gasteiger partial charge on any atom is -0.477 e. The molecule has 0 saturated carbocycles. The van der Waals surface area contributed by atoms with Crippen molar-refractivity contribution in [3.8, 4) is 5.88 Å². The van der Waals surface area contributed by atoms with E-state index in [9.17, 15) is 4.79 Å². The number of amides is 1. The largest absolute Gasteiger partial charge is 0.477 e. The molecule has 0 bridgehead atoms. The summed E-state index contributed by atoms with van der Waals surface area (Å²) >= 11 is 0. The van der Waals surface area contributed by atoms with E-state index in [-0.39, 0.29) is 11.8 Å². The predicted molar refractivity (Wildman–Crippen MR) is 79.8 cm³/mol. The van der Waals surface area contributed by atoms with Crippen LogP contribution < -0.4 is 10.1 Å². The Morgan fingerprint density at radius 3 is 2.95 bits per heavy atom. The molecule has 0 saturated heterocycles. The van der Waals surface area contributed by atoms with Gasteiger partial charge >= 0.3 is 0 Å². The summed E-state index contributed by atoms with van der Waals surface area (Å²) in [5, 5.41) is 6.68. The maximum Gasteiger partial charge on any atom is 0.256 e. The SMILES string of the molecule is CCOc1ncccc1C(=O)NCCc1nc(C(C)C)no1. The minimum absolute atomic E-state index is 0.219. The van der Waals surface area contributed by atoms with Gasteiger partial charge in [0.25, 0.3) is 5.91 Å². The highest BCUT2D eigenvalue weighted by atomic mass is 16.5. The molecule has 0 atom stereocenters. The molecule has 0 fully saturated rings. The van der Waals surface area contributed by atoms with Crippen molar-refractivity contribution in [3.63, 3.8) is 0 Å². The lowest BCUT2D eigenvalue weighted by atomic mass is 10.2. The van der Waals surface area contributed by atoms with Crippen LogP contribution in [0.5, 0.6) is 5.88 Å². The van der Waals surface area contributed by atoms with E-state index in [1.165, 1.54) is 0 Å². The third kappa shape index (κ3) is 4.03. The van der Waals surface area contributed by atoms with E-state index in [2.05, 4.69) is 20.4 Å². The van der Waals surface area contributed by atoms with Crippen LogP contribution in [0.25, 0.3) is 0 Å². The smallest absolute Gasteiger partial charge is 0.256 e. The van der Waals surface area contributed by atoms with Crippen molar-refractivity contribution in [2.45, 2.75) is 33.1 Å². The van der Waals surface area contributed by atoms with Gasteiger partial charge in [0.05, 0.1) is 6.61 Å². The van der Waals surface area contributed by atoms with Gasteiger partial charge in [0.15, 0.2) is 5.82 Å². The van der Waals surface area contributed by atoms with Crippen LogP contribution in [0.3, 0.4) is 0 Å². The van der Waals surface area contributed by atoms with Gasteiger partial charge in [-0.05, 0) is 19.1 Å². The average Bonchev–Trinajstić information content (AvgIpc) is 2.97. The first-order valence-electron chi connectivity index (χ1n) is 7.30. The van der Waals surface area contributed by atoms with Crippen LogP contribution in [0, 0.1) is 0 Å². The standard InChI is InChI=1S/C15H20N4O3/c1-4-21-15-11(6-5-8-17-15)14(20)16-9-7-12-18-13(10(2)3)19-22-12/h5-6,8,10H,4,7,9H2,1-3H3,(H,16,20). The molecule has 0 unspecified atom stereocenters. The second kappa shape index (κ2) is 7.53. The van der Waals surface area contributed by atoms with Gasteiger partial charge in [0.2, 0.25) is 11.8 Å². The number of ether oxygens (including phenoxy) is 1. The monoisotopic (exact) mass is 304 g/mol. The van der Waals surface area contributed by atoms with E-state index >= 15 is 0 Å². The molecule has 0 aliphatic heterocycles. The Balaban J connectivity index is 1.90. The number of hydrogen-bond donors (Lipinski definition) is 1. The van der Waals surface area contributed by atoms with E-state index in [1.807, 2.05) is 20.8 Å². The second-order valence-corrected chi connectivity index (χ2v) is 5.00. The van der Waals surface area contributed by atoms with Crippen molar-refractivity contribution >= 4 is 5.91 Å². The topological polar surface area (TPSA) is 90.1 Å². The lowest BCUT2D eigenvalue weighted by Gasteiger charge is -2.08. The summed E-state index contributed by atoms with van der Waals surface area (Å²) in [6.07, 6.45) is 2.07. The summed E-state index contributed by atoms with van der Waals surface area (Å²) in [5.41, 5.74) is 0.415. The zero-order chi connectivity index (χ0) is 15.9. The van der Waals surface area contributed by atoms with Crippen LogP contribution in [0.4, 0.5) is 0 Å². The first-order chi connectivity index (χ1) is 10.6. The highest BCUT2D eigenvalue weighted by Gasteiger charge is 2.14. The van der Waals surface area contributed by atoms with E-state index < -0.39 is 0 Å². The first-order valence-corrected chi connectivity index (χ1v) is 7.30. The maximum atomic E-state index is 12.1. The summed E-state index contributed by atoms with van der Waals surface area (Å²) in [7, 11) is 0. The average molecular weight is 304 g/mol. The van der Waals surface area contributed by atoms with Crippen LogP contribution in [-0.4, -0.2) is 34.2 Å². The molecule has 7 nitrogen and oxygen atoms in total. The van der Waals surface area contributed by atoms with Gasteiger partial charge in [-0.15, -0.1) is 0 Å². The number of rotatable bonds is 7. The molecule has 22 heavy (non-hydrogen) atoms. The zero-order valence-corrected chi connectivity index (χ0v) is 13.0. The molecular weight excluding hydrogens is 284 g/mol. The van der Waals surface area contributed by atoms with Crippen molar-refractivity contribution in [1.29, 1.82) is 0 Å². The Morgan fingerprint density at radius 2 is 2.27 bits per heavy atom. The Bertz CT molecular complexity index is 625. The van der Waals surface area contributed by atoms with Crippen molar-refractivity contribution in [2.75, 3.05) is 13.2 Å². The number of nitrogens with one attached hydrogen (secondary N) is 1. The van der Waals surface area contributed by atoms with Gasteiger partial charge in [-0.25, -0.2) is 4.98 Å². The highest BCUT2D eigenvalue weighted by molar-refractivity contribution is 5.96. The lowest BCUT2D eigenvalue weighted by Crippen LogP contribution is -2.26. The van der Waals surface area contributed by atoms with Crippen molar-refractivity contribution in [3.05, 3.63) is 35.6 Å². The van der Waals surface area contributed by atoms with Crippen molar-refractivity contribution in [1.82, 2.24) is 20.4 Å². The summed E-state index contributed by atoms with van der Waals surface area (Å²) in [4.78, 5) is 20.5. The summed E-state index contributed by atoms with van der Waals surface area (Å²) in [6, 6.07) is 3.38. The molecule has 7 heteroatoms. The summed E-state index contributed by atoms with van der Waals surface area (Å²) in [6.45, 7) is 6.69. The number of hydrogen-bond acceptors (Lipinski definition) is 6. The van der Waals surface area contributed by atoms with Crippen LogP contribution in [0.2, 0.25) is 0 Å². The van der Waals surface area contributed by atoms with Crippen LogP contribution >= 0.6 is 0 Å². The molecule has 0 aliphatic carbocycles. The molecule has 0 spiro atoms. The van der Waals surface area contributed by atoms with E-state index in [0.717, 1.165) is 0 Å². The van der Waals surface area contributed by atoms with E-state index in [1.54, 1.807) is 18.3 Å². The van der Waals surface area contributed by atoms with E-state index in [4.69, 9.17) is 9.26 Å². The first kappa shape index (κ1) is 15.9. The third-order valence-corrected chi connectivity index (χ3v) is 2.92. The summed E-state index contributed by atoms with van der Waals surface area (Å²) < 4.78 is 10.5. The fourth-order valence-electron chi connectivity index (χ4n) is 1.80. The van der Waals surface area contributed by atoms with Gasteiger partial charge in [-0.1, -0.05) is 19.0 Å². The molecule has 1 amide bonds. The molecule has 2 aromatic heterocycles. The molecule has 0 radical (unpaired) electrons. The molecule has 118 valence electrons. The maximum absolute atomic E-state index is 12.1. The van der Waals surface area contributed by atoms with Crippen molar-refractivity contribution < 1.29 is 14.1 Å². The van der Waals surface area contributed by atoms with Gasteiger partial charge in [-0.3, -0.25) is 4.79 Å². The number of nitrogens with zero attached hydrogens (tertiary/aromatic N) is 3. The number of carbonyl (C=O) groups is 1. The van der Waals surface area contributed by atoms with Crippen LogP contribution in [0.15, 0.2) is 22.9 Å². The van der Waals surface area contributed by atoms with Gasteiger partial charge < -0.3 is 14.6 Å². The Hall–Kier alpha value is -2.44. The zero-order valence-electron chi connectivity index (χ0n) is 13.0. The molecule has 2 heterocycles. The molecule has 2 rings (SSSR count). The predicted octanol–water partition coefficient (Wildman–Crippen LogP) is 1.96. The molecule has 0 aliphatic rings. The van der Waals surface area contributed by atoms with Gasteiger partial charge in [0, 0.05) is 25.1 Å².